The van der Waals surface area contributed by atoms with E-state index in [1.54, 1.807) is 37.3 Å². The zero-order chi connectivity index (χ0) is 23.5. The van der Waals surface area contributed by atoms with E-state index in [2.05, 4.69) is 0 Å². The summed E-state index contributed by atoms with van der Waals surface area (Å²) in [5, 5.41) is 0. The Bertz CT molecular complexity index is 1120. The van der Waals surface area contributed by atoms with E-state index < -0.39 is 34.5 Å². The van der Waals surface area contributed by atoms with Gasteiger partial charge >= 0.3 is 5.97 Å². The van der Waals surface area contributed by atoms with Crippen molar-refractivity contribution < 1.29 is 32.2 Å². The van der Waals surface area contributed by atoms with Crippen LogP contribution in [0.1, 0.15) is 12.5 Å². The van der Waals surface area contributed by atoms with Gasteiger partial charge in [0.1, 0.15) is 11.5 Å². The minimum Gasteiger partial charge on any atom is -0.494 e. The van der Waals surface area contributed by atoms with Crippen LogP contribution < -0.4 is 14.4 Å². The van der Waals surface area contributed by atoms with E-state index in [9.17, 15) is 18.0 Å². The molecule has 3 rings (SSSR count). The van der Waals surface area contributed by atoms with E-state index >= 15 is 0 Å². The maximum Gasteiger partial charge on any atom is 0.348 e. The number of fused-ring (bicyclic) bond motifs is 1. The monoisotopic (exact) mass is 462 g/mol. The van der Waals surface area contributed by atoms with Gasteiger partial charge in [0.15, 0.2) is 0 Å². The Morgan fingerprint density at radius 1 is 1.22 bits per heavy atom. The van der Waals surface area contributed by atoms with Gasteiger partial charge in [-0.25, -0.2) is 13.2 Å². The Labute approximate surface area is 187 Å². The number of sulfonamides is 1. The fourth-order valence-electron chi connectivity index (χ4n) is 3.37. The molecule has 0 N–H and O–H groups in total. The zero-order valence-corrected chi connectivity index (χ0v) is 19.2. The van der Waals surface area contributed by atoms with Crippen LogP contribution in [0.5, 0.6) is 11.5 Å². The van der Waals surface area contributed by atoms with Crippen molar-refractivity contribution in [2.75, 3.05) is 38.8 Å². The molecule has 0 aliphatic carbocycles. The molecule has 0 bridgehead atoms. The number of carbonyl (C=O) groups is 2. The zero-order valence-electron chi connectivity index (χ0n) is 18.4. The molecule has 0 saturated heterocycles. The van der Waals surface area contributed by atoms with Gasteiger partial charge < -0.3 is 19.1 Å². The molecular formula is C22H26N2O7S. The number of carbonyl (C=O) groups excluding carboxylic acids is 2. The quantitative estimate of drug-likeness (QED) is 0.580. The summed E-state index contributed by atoms with van der Waals surface area (Å²) in [5.74, 6) is -0.175. The largest absolute Gasteiger partial charge is 0.494 e. The van der Waals surface area contributed by atoms with Crippen LogP contribution in [0.4, 0.5) is 5.69 Å². The summed E-state index contributed by atoms with van der Waals surface area (Å²) in [7, 11) is -1.36. The summed E-state index contributed by atoms with van der Waals surface area (Å²) in [6.07, 6.45) is -1.01. The van der Waals surface area contributed by atoms with E-state index in [0.717, 1.165) is 4.31 Å². The summed E-state index contributed by atoms with van der Waals surface area (Å²) < 4.78 is 42.9. The minimum atomic E-state index is -3.93. The Balaban J connectivity index is 1.82. The number of benzene rings is 2. The van der Waals surface area contributed by atoms with Crippen LogP contribution >= 0.6 is 0 Å². The Morgan fingerprint density at radius 3 is 2.59 bits per heavy atom. The average Bonchev–Trinajstić information content (AvgIpc) is 2.78. The highest BCUT2D eigenvalue weighted by atomic mass is 32.2. The maximum atomic E-state index is 13.1. The summed E-state index contributed by atoms with van der Waals surface area (Å²) >= 11 is 0. The average molecular weight is 463 g/mol. The second-order valence-corrected chi connectivity index (χ2v) is 9.27. The molecule has 1 aliphatic heterocycles. The molecule has 2 aromatic rings. The molecule has 32 heavy (non-hydrogen) atoms. The van der Waals surface area contributed by atoms with Crippen molar-refractivity contribution in [3.05, 3.63) is 48.0 Å². The summed E-state index contributed by atoms with van der Waals surface area (Å²) in [5.41, 5.74) is 1.14. The number of rotatable bonds is 7. The van der Waals surface area contributed by atoms with Crippen LogP contribution in [-0.2, 0) is 24.3 Å². The highest BCUT2D eigenvalue weighted by Gasteiger charge is 2.35. The Kier molecular flexibility index (Phi) is 7.05. The van der Waals surface area contributed by atoms with Gasteiger partial charge in [-0.15, -0.1) is 0 Å². The highest BCUT2D eigenvalue weighted by Crippen LogP contribution is 2.33. The number of amides is 1. The molecule has 1 heterocycles. The topological polar surface area (TPSA) is 102 Å². The van der Waals surface area contributed by atoms with Gasteiger partial charge in [0.25, 0.3) is 0 Å². The summed E-state index contributed by atoms with van der Waals surface area (Å²) in [4.78, 5) is 26.5. The minimum absolute atomic E-state index is 0.0589. The molecule has 0 unspecified atom stereocenters. The predicted molar refractivity (Wildman–Crippen MR) is 117 cm³/mol. The number of para-hydroxylation sites is 2. The van der Waals surface area contributed by atoms with Crippen LogP contribution in [-0.4, -0.2) is 64.6 Å². The summed E-state index contributed by atoms with van der Waals surface area (Å²) in [6.45, 7) is 3.56. The van der Waals surface area contributed by atoms with Gasteiger partial charge in [-0.05, 0) is 49.7 Å². The summed E-state index contributed by atoms with van der Waals surface area (Å²) in [6, 6.07) is 11.3. The normalized spacial score (nSPS) is 15.7. The lowest BCUT2D eigenvalue weighted by Crippen LogP contribution is -2.50. The molecule has 9 nitrogen and oxygen atoms in total. The van der Waals surface area contributed by atoms with Crippen LogP contribution in [0, 0.1) is 6.92 Å². The fourth-order valence-corrected chi connectivity index (χ4v) is 4.57. The first-order chi connectivity index (χ1) is 15.2. The van der Waals surface area contributed by atoms with Crippen LogP contribution in [0.2, 0.25) is 0 Å². The Morgan fingerprint density at radius 2 is 1.94 bits per heavy atom. The molecule has 0 saturated carbocycles. The number of likely N-dealkylation sites (N-methyl/N-ethyl adjacent to an activating group) is 1. The first kappa shape index (κ1) is 23.6. The molecule has 1 aliphatic rings. The van der Waals surface area contributed by atoms with Crippen LogP contribution in [0.15, 0.2) is 47.4 Å². The first-order valence-electron chi connectivity index (χ1n) is 10.0. The SMILES string of the molecule is CCOc1ccc(S(=O)(=O)N(C)CC(=O)N2C[C@H](C(=O)OC)Oc3ccccc32)cc1C. The van der Waals surface area contributed by atoms with Gasteiger partial charge in [0, 0.05) is 7.05 Å². The third kappa shape index (κ3) is 4.71. The molecule has 1 atom stereocenters. The second-order valence-electron chi connectivity index (χ2n) is 7.22. The van der Waals surface area contributed by atoms with E-state index in [1.165, 1.54) is 31.2 Å². The molecule has 172 valence electrons. The van der Waals surface area contributed by atoms with Crippen LogP contribution in [0.3, 0.4) is 0 Å². The number of hydrogen-bond acceptors (Lipinski definition) is 7. The second kappa shape index (κ2) is 9.58. The smallest absolute Gasteiger partial charge is 0.348 e. The van der Waals surface area contributed by atoms with Crippen molar-refractivity contribution in [3.63, 3.8) is 0 Å². The van der Waals surface area contributed by atoms with Crippen molar-refractivity contribution in [2.45, 2.75) is 24.8 Å². The van der Waals surface area contributed by atoms with Crippen molar-refractivity contribution in [1.29, 1.82) is 0 Å². The standard InChI is InChI=1S/C22H26N2O7S/c1-5-30-18-11-10-16(12-15(18)2)32(27,28)23(3)14-21(25)24-13-20(22(26)29-4)31-19-9-7-6-8-17(19)24/h6-12,20H,5,13-14H2,1-4H3/t20-/m1/s1. The van der Waals surface area contributed by atoms with Crippen molar-refractivity contribution in [1.82, 2.24) is 4.31 Å². The third-order valence-electron chi connectivity index (χ3n) is 5.05. The van der Waals surface area contributed by atoms with Crippen molar-refractivity contribution in [3.8, 4) is 11.5 Å². The number of ether oxygens (including phenoxy) is 3. The van der Waals surface area contributed by atoms with Gasteiger partial charge in [-0.3, -0.25) is 4.79 Å². The predicted octanol–water partition coefficient (Wildman–Crippen LogP) is 1.98. The Hall–Kier alpha value is -3.11. The van der Waals surface area contributed by atoms with Crippen molar-refractivity contribution >= 4 is 27.6 Å². The highest BCUT2D eigenvalue weighted by molar-refractivity contribution is 7.89. The number of hydrogen-bond donors (Lipinski definition) is 0. The lowest BCUT2D eigenvalue weighted by atomic mass is 10.2. The number of nitrogens with zero attached hydrogens (tertiary/aromatic N) is 2. The van der Waals surface area contributed by atoms with E-state index in [-0.39, 0.29) is 11.4 Å². The van der Waals surface area contributed by atoms with E-state index in [1.807, 2.05) is 6.92 Å². The van der Waals surface area contributed by atoms with E-state index in [4.69, 9.17) is 14.2 Å². The molecule has 0 spiro atoms. The van der Waals surface area contributed by atoms with E-state index in [0.29, 0.717) is 29.4 Å². The molecule has 0 radical (unpaired) electrons. The molecule has 0 fully saturated rings. The molecule has 1 amide bonds. The molecule has 2 aromatic carbocycles. The molecule has 10 heteroatoms. The third-order valence-corrected chi connectivity index (χ3v) is 6.85. The number of esters is 1. The molecular weight excluding hydrogens is 436 g/mol. The van der Waals surface area contributed by atoms with Gasteiger partial charge in [0.05, 0.1) is 37.4 Å². The number of methoxy groups -OCH3 is 1. The van der Waals surface area contributed by atoms with Crippen LogP contribution in [0.25, 0.3) is 0 Å². The maximum absolute atomic E-state index is 13.1. The van der Waals surface area contributed by atoms with Gasteiger partial charge in [0.2, 0.25) is 22.0 Å². The molecule has 0 aromatic heterocycles. The number of anilines is 1. The number of aryl methyl sites for hydroxylation is 1. The lowest BCUT2D eigenvalue weighted by molar-refractivity contribution is -0.148. The van der Waals surface area contributed by atoms with Gasteiger partial charge in [-0.1, -0.05) is 12.1 Å². The first-order valence-corrected chi connectivity index (χ1v) is 11.5. The van der Waals surface area contributed by atoms with Crippen molar-refractivity contribution in [2.24, 2.45) is 0 Å². The van der Waals surface area contributed by atoms with Gasteiger partial charge in [-0.2, -0.15) is 4.31 Å². The lowest BCUT2D eigenvalue weighted by Gasteiger charge is -2.34. The fraction of sp³-hybridized carbons (Fsp3) is 0.364.